The van der Waals surface area contributed by atoms with E-state index in [1.807, 2.05) is 0 Å². The number of carbonyl (C=O) groups excluding carboxylic acids is 1. The standard InChI is InChI=1S/C13H7F3NO.C6H5NO2.Ir/c14-13(15,16)12(18)10-6-4-9(5-7-10)11-3-1-2-8-17-11;8-6(9)5-3-1-2-4-7-5;/h1-4,6-8H;1-4H,(H,8,9);/q-1;;. The molecule has 0 bridgehead atoms. The number of halogens is 3. The van der Waals surface area contributed by atoms with Crippen LogP contribution in [0.3, 0.4) is 0 Å². The van der Waals surface area contributed by atoms with E-state index in [1.54, 1.807) is 36.5 Å². The Kier molecular flexibility index (Phi) is 8.63. The van der Waals surface area contributed by atoms with E-state index in [0.29, 0.717) is 11.3 Å². The van der Waals surface area contributed by atoms with Gasteiger partial charge >= 0.3 is 12.1 Å². The molecule has 28 heavy (non-hydrogen) atoms. The van der Waals surface area contributed by atoms with Crippen LogP contribution in [0.5, 0.6) is 0 Å². The van der Waals surface area contributed by atoms with E-state index in [0.717, 1.165) is 12.1 Å². The number of aromatic carboxylic acids is 1. The second-order valence-electron chi connectivity index (χ2n) is 5.05. The molecule has 147 valence electrons. The molecule has 2 aromatic heterocycles. The maximum atomic E-state index is 12.2. The summed E-state index contributed by atoms with van der Waals surface area (Å²) in [5.74, 6) is -2.86. The SMILES string of the molecule is O=C(O)c1ccccn1.O=C(c1c[c-]c(-c2ccccn2)cc1)C(F)(F)F.[Ir]. The van der Waals surface area contributed by atoms with Crippen molar-refractivity contribution >= 4 is 11.8 Å². The number of nitrogens with zero attached hydrogens (tertiary/aromatic N) is 2. The molecule has 9 heteroatoms. The van der Waals surface area contributed by atoms with Crippen LogP contribution in [-0.4, -0.2) is 33.0 Å². The van der Waals surface area contributed by atoms with Crippen molar-refractivity contribution < 1.29 is 48.0 Å². The molecule has 0 fully saturated rings. The number of ketones is 1. The van der Waals surface area contributed by atoms with Gasteiger partial charge in [0.15, 0.2) is 0 Å². The van der Waals surface area contributed by atoms with E-state index in [2.05, 4.69) is 16.0 Å². The summed E-state index contributed by atoms with van der Waals surface area (Å²) in [6.45, 7) is 0. The first-order chi connectivity index (χ1) is 12.8. The fourth-order valence-electron chi connectivity index (χ4n) is 1.90. The maximum absolute atomic E-state index is 12.2. The van der Waals surface area contributed by atoms with Gasteiger partial charge in [-0.15, -0.1) is 29.8 Å². The monoisotopic (exact) mass is 566 g/mol. The number of hydrogen-bond donors (Lipinski definition) is 1. The number of aromatic nitrogens is 2. The van der Waals surface area contributed by atoms with Crippen LogP contribution in [0.15, 0.2) is 67.0 Å². The minimum absolute atomic E-state index is 0. The Morgan fingerprint density at radius 2 is 1.57 bits per heavy atom. The number of carboxylic acid groups (broad SMARTS) is 1. The maximum Gasteiger partial charge on any atom is 0.445 e. The number of rotatable bonds is 3. The molecule has 0 saturated carbocycles. The topological polar surface area (TPSA) is 80.1 Å². The minimum Gasteiger partial charge on any atom is -0.477 e. The van der Waals surface area contributed by atoms with Gasteiger partial charge in [-0.05, 0) is 23.9 Å². The predicted octanol–water partition coefficient (Wildman–Crippen LogP) is 4.07. The zero-order chi connectivity index (χ0) is 19.9. The summed E-state index contributed by atoms with van der Waals surface area (Å²) in [4.78, 5) is 28.7. The zero-order valence-electron chi connectivity index (χ0n) is 14.0. The average Bonchev–Trinajstić information content (AvgIpc) is 2.69. The molecule has 0 aliphatic heterocycles. The predicted molar refractivity (Wildman–Crippen MR) is 90.1 cm³/mol. The minimum atomic E-state index is -4.86. The summed E-state index contributed by atoms with van der Waals surface area (Å²) in [6.07, 6.45) is -1.85. The summed E-state index contributed by atoms with van der Waals surface area (Å²) < 4.78 is 36.5. The van der Waals surface area contributed by atoms with Crippen LogP contribution in [0.2, 0.25) is 0 Å². The van der Waals surface area contributed by atoms with Crippen LogP contribution in [0.1, 0.15) is 20.8 Å². The van der Waals surface area contributed by atoms with Gasteiger partial charge in [-0.25, -0.2) is 9.78 Å². The Morgan fingerprint density at radius 1 is 0.929 bits per heavy atom. The van der Waals surface area contributed by atoms with Crippen molar-refractivity contribution in [3.63, 3.8) is 0 Å². The first kappa shape index (κ1) is 23.1. The third-order valence-electron chi connectivity index (χ3n) is 3.16. The average molecular weight is 566 g/mol. The van der Waals surface area contributed by atoms with E-state index >= 15 is 0 Å². The summed E-state index contributed by atoms with van der Waals surface area (Å²) in [6, 6.07) is 16.1. The van der Waals surface area contributed by atoms with E-state index in [-0.39, 0.29) is 25.8 Å². The molecule has 1 N–H and O–H groups in total. The summed E-state index contributed by atoms with van der Waals surface area (Å²) in [5.41, 5.74) is 0.775. The molecule has 0 unspecified atom stereocenters. The molecule has 1 radical (unpaired) electrons. The third-order valence-corrected chi connectivity index (χ3v) is 3.16. The van der Waals surface area contributed by atoms with Crippen molar-refractivity contribution in [2.24, 2.45) is 0 Å². The van der Waals surface area contributed by atoms with Crippen LogP contribution < -0.4 is 0 Å². The molecule has 2 heterocycles. The van der Waals surface area contributed by atoms with E-state index in [4.69, 9.17) is 5.11 Å². The fourth-order valence-corrected chi connectivity index (χ4v) is 1.90. The number of alkyl halides is 3. The Hall–Kier alpha value is -2.90. The van der Waals surface area contributed by atoms with E-state index in [9.17, 15) is 22.8 Å². The second kappa shape index (κ2) is 10.4. The summed E-state index contributed by atoms with van der Waals surface area (Å²) >= 11 is 0. The van der Waals surface area contributed by atoms with Crippen molar-refractivity contribution in [1.82, 2.24) is 9.97 Å². The molecular weight excluding hydrogens is 553 g/mol. The van der Waals surface area contributed by atoms with Gasteiger partial charge in [-0.3, -0.25) is 4.79 Å². The van der Waals surface area contributed by atoms with Crippen molar-refractivity contribution in [2.75, 3.05) is 0 Å². The first-order valence-corrected chi connectivity index (χ1v) is 7.48. The molecule has 1 aromatic carbocycles. The molecule has 0 spiro atoms. The van der Waals surface area contributed by atoms with Gasteiger partial charge in [0, 0.05) is 32.5 Å². The number of benzene rings is 1. The van der Waals surface area contributed by atoms with Crippen molar-refractivity contribution in [2.45, 2.75) is 6.18 Å². The van der Waals surface area contributed by atoms with E-state index in [1.165, 1.54) is 18.3 Å². The molecule has 0 amide bonds. The zero-order valence-corrected chi connectivity index (χ0v) is 16.4. The molecule has 0 aliphatic rings. The van der Waals surface area contributed by atoms with Gasteiger partial charge in [0.1, 0.15) is 5.69 Å². The van der Waals surface area contributed by atoms with Gasteiger partial charge in [0.05, 0.1) is 0 Å². The molecule has 0 aliphatic carbocycles. The van der Waals surface area contributed by atoms with Crippen LogP contribution in [0.4, 0.5) is 13.2 Å². The van der Waals surface area contributed by atoms with Crippen molar-refractivity contribution in [3.05, 3.63) is 84.3 Å². The van der Waals surface area contributed by atoms with Gasteiger partial charge in [-0.2, -0.15) is 13.2 Å². The number of Topliss-reactive ketones (excluding diaryl/α,β-unsaturated/α-hetero) is 1. The Labute approximate surface area is 171 Å². The van der Waals surface area contributed by atoms with Crippen LogP contribution in [0.25, 0.3) is 11.3 Å². The molecular formula is C19H12F3IrN2O3-. The molecule has 0 saturated heterocycles. The number of pyridine rings is 2. The van der Waals surface area contributed by atoms with Crippen LogP contribution in [-0.2, 0) is 20.1 Å². The quantitative estimate of drug-likeness (QED) is 0.383. The Morgan fingerprint density at radius 3 is 1.96 bits per heavy atom. The number of hydrogen-bond acceptors (Lipinski definition) is 4. The Balaban J connectivity index is 0.000000332. The fraction of sp³-hybridized carbons (Fsp3) is 0.0526. The Bertz CT molecular complexity index is 903. The van der Waals surface area contributed by atoms with Gasteiger partial charge in [-0.1, -0.05) is 23.8 Å². The van der Waals surface area contributed by atoms with Gasteiger partial charge in [0.25, 0.3) is 0 Å². The molecule has 3 rings (SSSR count). The van der Waals surface area contributed by atoms with Crippen LogP contribution in [0, 0.1) is 6.07 Å². The van der Waals surface area contributed by atoms with Crippen LogP contribution >= 0.6 is 0 Å². The smallest absolute Gasteiger partial charge is 0.445 e. The summed E-state index contributed by atoms with van der Waals surface area (Å²) in [7, 11) is 0. The first-order valence-electron chi connectivity index (χ1n) is 7.48. The molecule has 0 atom stereocenters. The number of carbonyl (C=O) groups is 2. The van der Waals surface area contributed by atoms with Gasteiger partial charge < -0.3 is 10.1 Å². The normalized spacial score (nSPS) is 10.1. The third kappa shape index (κ3) is 6.68. The second-order valence-corrected chi connectivity index (χ2v) is 5.05. The summed E-state index contributed by atoms with van der Waals surface area (Å²) in [5, 5.41) is 8.32. The number of carboxylic acids is 1. The van der Waals surface area contributed by atoms with Gasteiger partial charge in [0.2, 0.25) is 5.78 Å². The van der Waals surface area contributed by atoms with Crippen molar-refractivity contribution in [1.29, 1.82) is 0 Å². The largest absolute Gasteiger partial charge is 0.477 e. The molecule has 3 aromatic rings. The van der Waals surface area contributed by atoms with Crippen molar-refractivity contribution in [3.8, 4) is 11.3 Å². The van der Waals surface area contributed by atoms with E-state index < -0.39 is 23.5 Å². The molecule has 5 nitrogen and oxygen atoms in total.